The lowest BCUT2D eigenvalue weighted by atomic mass is 10.0. The van der Waals surface area contributed by atoms with Crippen molar-refractivity contribution in [3.8, 4) is 5.75 Å². The van der Waals surface area contributed by atoms with Crippen LogP contribution in [0.4, 0.5) is 0 Å². The fourth-order valence-corrected chi connectivity index (χ4v) is 2.75. The SMILES string of the molecule is CCNCc1c(OCc2ccc(Cl)cc2)ccc2ccccc12. The molecule has 0 amide bonds. The largest absolute Gasteiger partial charge is 0.489 e. The lowest BCUT2D eigenvalue weighted by Gasteiger charge is -2.15. The van der Waals surface area contributed by atoms with E-state index >= 15 is 0 Å². The molecule has 2 nitrogen and oxygen atoms in total. The Labute approximate surface area is 142 Å². The molecule has 0 bridgehead atoms. The van der Waals surface area contributed by atoms with Gasteiger partial charge < -0.3 is 10.1 Å². The Balaban J connectivity index is 1.87. The molecule has 3 heteroatoms. The summed E-state index contributed by atoms with van der Waals surface area (Å²) in [5, 5.41) is 6.62. The van der Waals surface area contributed by atoms with Gasteiger partial charge in [-0.05, 0) is 41.1 Å². The number of benzene rings is 3. The van der Waals surface area contributed by atoms with Crippen LogP contribution in [0.3, 0.4) is 0 Å². The molecule has 0 aromatic heterocycles. The molecule has 0 saturated heterocycles. The number of ether oxygens (including phenoxy) is 1. The van der Waals surface area contributed by atoms with Crippen molar-refractivity contribution in [3.63, 3.8) is 0 Å². The average Bonchev–Trinajstić information content (AvgIpc) is 2.59. The first-order valence-electron chi connectivity index (χ1n) is 7.86. The second-order valence-corrected chi connectivity index (χ2v) is 5.90. The van der Waals surface area contributed by atoms with Gasteiger partial charge in [0.05, 0.1) is 0 Å². The molecule has 3 aromatic carbocycles. The number of halogens is 1. The van der Waals surface area contributed by atoms with Crippen LogP contribution >= 0.6 is 11.6 Å². The summed E-state index contributed by atoms with van der Waals surface area (Å²) in [7, 11) is 0. The second kappa shape index (κ2) is 7.49. The van der Waals surface area contributed by atoms with E-state index in [1.165, 1.54) is 16.3 Å². The number of hydrogen-bond acceptors (Lipinski definition) is 2. The van der Waals surface area contributed by atoms with Gasteiger partial charge in [0, 0.05) is 17.1 Å². The molecule has 0 aliphatic heterocycles. The van der Waals surface area contributed by atoms with E-state index in [9.17, 15) is 0 Å². The van der Waals surface area contributed by atoms with E-state index in [4.69, 9.17) is 16.3 Å². The minimum Gasteiger partial charge on any atom is -0.489 e. The molecule has 0 atom stereocenters. The number of rotatable bonds is 6. The third-order valence-corrected chi connectivity index (χ3v) is 4.11. The summed E-state index contributed by atoms with van der Waals surface area (Å²) in [6.07, 6.45) is 0. The van der Waals surface area contributed by atoms with E-state index < -0.39 is 0 Å². The summed E-state index contributed by atoms with van der Waals surface area (Å²) in [5.74, 6) is 0.930. The fraction of sp³-hybridized carbons (Fsp3) is 0.200. The van der Waals surface area contributed by atoms with Crippen LogP contribution in [0.25, 0.3) is 10.8 Å². The van der Waals surface area contributed by atoms with E-state index in [1.807, 2.05) is 24.3 Å². The van der Waals surface area contributed by atoms with Crippen LogP contribution in [0.2, 0.25) is 5.02 Å². The Morgan fingerprint density at radius 2 is 1.74 bits per heavy atom. The molecule has 23 heavy (non-hydrogen) atoms. The van der Waals surface area contributed by atoms with Crippen molar-refractivity contribution in [2.45, 2.75) is 20.1 Å². The van der Waals surface area contributed by atoms with E-state index in [0.29, 0.717) is 6.61 Å². The third-order valence-electron chi connectivity index (χ3n) is 3.86. The molecular weight excluding hydrogens is 306 g/mol. The van der Waals surface area contributed by atoms with Gasteiger partial charge >= 0.3 is 0 Å². The first-order chi connectivity index (χ1) is 11.3. The van der Waals surface area contributed by atoms with Gasteiger partial charge in [-0.3, -0.25) is 0 Å². The monoisotopic (exact) mass is 325 g/mol. The Bertz CT molecular complexity index is 783. The zero-order chi connectivity index (χ0) is 16.1. The lowest BCUT2D eigenvalue weighted by molar-refractivity contribution is 0.303. The van der Waals surface area contributed by atoms with Crippen LogP contribution in [0.1, 0.15) is 18.1 Å². The molecule has 3 rings (SSSR count). The molecule has 1 N–H and O–H groups in total. The predicted molar refractivity (Wildman–Crippen MR) is 97.1 cm³/mol. The van der Waals surface area contributed by atoms with Crippen LogP contribution in [-0.2, 0) is 13.2 Å². The van der Waals surface area contributed by atoms with Gasteiger partial charge in [0.25, 0.3) is 0 Å². The third kappa shape index (κ3) is 3.84. The normalized spacial score (nSPS) is 10.9. The lowest BCUT2D eigenvalue weighted by Crippen LogP contribution is -2.13. The van der Waals surface area contributed by atoms with E-state index in [2.05, 4.69) is 48.6 Å². The first kappa shape index (κ1) is 15.9. The van der Waals surface area contributed by atoms with E-state index in [1.54, 1.807) is 0 Å². The standard InChI is InChI=1S/C20H20ClNO/c1-2-22-13-19-18-6-4-3-5-16(18)9-12-20(19)23-14-15-7-10-17(21)11-8-15/h3-12,22H,2,13-14H2,1H3. The molecule has 3 aromatic rings. The van der Waals surface area contributed by atoms with Gasteiger partial charge in [-0.25, -0.2) is 0 Å². The van der Waals surface area contributed by atoms with Crippen LogP contribution in [-0.4, -0.2) is 6.54 Å². The van der Waals surface area contributed by atoms with Crippen LogP contribution < -0.4 is 10.1 Å². The molecule has 0 fully saturated rings. The Morgan fingerprint density at radius 1 is 0.957 bits per heavy atom. The molecule has 0 spiro atoms. The summed E-state index contributed by atoms with van der Waals surface area (Å²) >= 11 is 5.93. The molecule has 0 unspecified atom stereocenters. The molecule has 118 valence electrons. The van der Waals surface area contributed by atoms with Gasteiger partial charge in [-0.1, -0.05) is 61.0 Å². The number of hydrogen-bond donors (Lipinski definition) is 1. The van der Waals surface area contributed by atoms with Crippen molar-refractivity contribution in [3.05, 3.63) is 76.8 Å². The van der Waals surface area contributed by atoms with Crippen LogP contribution in [0.5, 0.6) is 5.75 Å². The Morgan fingerprint density at radius 3 is 2.52 bits per heavy atom. The molecule has 0 saturated carbocycles. The van der Waals surface area contributed by atoms with Gasteiger partial charge in [-0.15, -0.1) is 0 Å². The highest BCUT2D eigenvalue weighted by molar-refractivity contribution is 6.30. The maximum absolute atomic E-state index is 6.09. The number of nitrogens with one attached hydrogen (secondary N) is 1. The minimum atomic E-state index is 0.536. The minimum absolute atomic E-state index is 0.536. The highest BCUT2D eigenvalue weighted by atomic mass is 35.5. The molecule has 0 radical (unpaired) electrons. The average molecular weight is 326 g/mol. The zero-order valence-electron chi connectivity index (χ0n) is 13.2. The van der Waals surface area contributed by atoms with E-state index in [-0.39, 0.29) is 0 Å². The van der Waals surface area contributed by atoms with Crippen molar-refractivity contribution in [2.24, 2.45) is 0 Å². The summed E-state index contributed by atoms with van der Waals surface area (Å²) in [4.78, 5) is 0. The Hall–Kier alpha value is -2.03. The van der Waals surface area contributed by atoms with Crippen molar-refractivity contribution in [2.75, 3.05) is 6.54 Å². The zero-order valence-corrected chi connectivity index (χ0v) is 13.9. The first-order valence-corrected chi connectivity index (χ1v) is 8.24. The maximum atomic E-state index is 6.09. The van der Waals surface area contributed by atoms with Crippen LogP contribution in [0.15, 0.2) is 60.7 Å². The smallest absolute Gasteiger partial charge is 0.124 e. The predicted octanol–water partition coefficient (Wildman–Crippen LogP) is 5.18. The maximum Gasteiger partial charge on any atom is 0.124 e. The molecule has 0 aliphatic rings. The highest BCUT2D eigenvalue weighted by Crippen LogP contribution is 2.28. The number of fused-ring (bicyclic) bond motifs is 1. The van der Waals surface area contributed by atoms with Gasteiger partial charge in [0.2, 0.25) is 0 Å². The summed E-state index contributed by atoms with van der Waals surface area (Å²) in [6, 6.07) is 20.4. The second-order valence-electron chi connectivity index (χ2n) is 5.46. The summed E-state index contributed by atoms with van der Waals surface area (Å²) < 4.78 is 6.09. The summed E-state index contributed by atoms with van der Waals surface area (Å²) in [6.45, 7) is 4.38. The van der Waals surface area contributed by atoms with Crippen molar-refractivity contribution >= 4 is 22.4 Å². The molecule has 0 heterocycles. The van der Waals surface area contributed by atoms with Crippen molar-refractivity contribution in [1.29, 1.82) is 0 Å². The summed E-state index contributed by atoms with van der Waals surface area (Å²) in [5.41, 5.74) is 2.32. The van der Waals surface area contributed by atoms with E-state index in [0.717, 1.165) is 29.4 Å². The van der Waals surface area contributed by atoms with Crippen molar-refractivity contribution in [1.82, 2.24) is 5.32 Å². The Kier molecular flexibility index (Phi) is 5.16. The molecule has 0 aliphatic carbocycles. The quantitative estimate of drug-likeness (QED) is 0.674. The fourth-order valence-electron chi connectivity index (χ4n) is 2.63. The highest BCUT2D eigenvalue weighted by Gasteiger charge is 2.08. The molecular formula is C20H20ClNO. The topological polar surface area (TPSA) is 21.3 Å². The van der Waals surface area contributed by atoms with Gasteiger partial charge in [0.15, 0.2) is 0 Å². The van der Waals surface area contributed by atoms with Crippen LogP contribution in [0, 0.1) is 0 Å². The van der Waals surface area contributed by atoms with Gasteiger partial charge in [-0.2, -0.15) is 0 Å². The van der Waals surface area contributed by atoms with Gasteiger partial charge in [0.1, 0.15) is 12.4 Å². The van der Waals surface area contributed by atoms with Crippen molar-refractivity contribution < 1.29 is 4.74 Å².